The van der Waals surface area contributed by atoms with Gasteiger partial charge in [-0.05, 0) is 43.2 Å². The van der Waals surface area contributed by atoms with Crippen LogP contribution in [0.4, 0.5) is 0 Å². The van der Waals surface area contributed by atoms with E-state index in [1.807, 2.05) is 0 Å². The van der Waals surface area contributed by atoms with Crippen molar-refractivity contribution < 1.29 is 9.90 Å². The third-order valence-electron chi connectivity index (χ3n) is 2.74. The maximum absolute atomic E-state index is 10.3. The second-order valence-electron chi connectivity index (χ2n) is 4.16. The molecule has 17 heavy (non-hydrogen) atoms. The lowest BCUT2D eigenvalue weighted by Crippen LogP contribution is -1.94. The summed E-state index contributed by atoms with van der Waals surface area (Å²) in [4.78, 5) is 11.6. The van der Waals surface area contributed by atoms with Gasteiger partial charge < -0.3 is 5.11 Å². The Kier molecular flexibility index (Phi) is 6.78. The minimum absolute atomic E-state index is 0.307. The standard InChI is InChI=1S/C14H20O2S/c1-17-13-9-6-8-12(11-13)7-4-2-3-5-10-14(15)16/h6,8-9,11H,2-5,7,10H2,1H3,(H,15,16). The van der Waals surface area contributed by atoms with Crippen LogP contribution in [0.3, 0.4) is 0 Å². The molecule has 0 bridgehead atoms. The molecular formula is C14H20O2S. The minimum atomic E-state index is -0.683. The Bertz CT molecular complexity index is 350. The Hall–Kier alpha value is -0.960. The quantitative estimate of drug-likeness (QED) is 0.561. The molecule has 0 aromatic heterocycles. The van der Waals surface area contributed by atoms with E-state index >= 15 is 0 Å². The molecule has 0 atom stereocenters. The Morgan fingerprint density at radius 1 is 1.24 bits per heavy atom. The number of aryl methyl sites for hydroxylation is 1. The van der Waals surface area contributed by atoms with E-state index in [0.29, 0.717) is 6.42 Å². The van der Waals surface area contributed by atoms with E-state index in [1.165, 1.54) is 10.5 Å². The Labute approximate surface area is 107 Å². The molecule has 0 saturated carbocycles. The number of unbranched alkanes of at least 4 members (excludes halogenated alkanes) is 3. The zero-order valence-corrected chi connectivity index (χ0v) is 11.1. The third-order valence-corrected chi connectivity index (χ3v) is 3.47. The average Bonchev–Trinajstić information content (AvgIpc) is 2.33. The summed E-state index contributed by atoms with van der Waals surface area (Å²) < 4.78 is 0. The first kappa shape index (κ1) is 14.1. The van der Waals surface area contributed by atoms with Crippen molar-refractivity contribution in [3.05, 3.63) is 29.8 Å². The molecule has 0 fully saturated rings. The maximum Gasteiger partial charge on any atom is 0.303 e. The molecular weight excluding hydrogens is 232 g/mol. The second-order valence-corrected chi connectivity index (χ2v) is 5.04. The van der Waals surface area contributed by atoms with Crippen LogP contribution in [0, 0.1) is 0 Å². The Morgan fingerprint density at radius 2 is 2.00 bits per heavy atom. The van der Waals surface area contributed by atoms with Gasteiger partial charge in [0.1, 0.15) is 0 Å². The van der Waals surface area contributed by atoms with Gasteiger partial charge in [-0.15, -0.1) is 11.8 Å². The van der Waals surface area contributed by atoms with Crippen molar-refractivity contribution >= 4 is 17.7 Å². The molecule has 1 aromatic carbocycles. The first-order valence-electron chi connectivity index (χ1n) is 6.07. The highest BCUT2D eigenvalue weighted by Crippen LogP contribution is 2.17. The number of carboxylic acids is 1. The highest BCUT2D eigenvalue weighted by atomic mass is 32.2. The number of thioether (sulfide) groups is 1. The molecule has 0 radical (unpaired) electrons. The highest BCUT2D eigenvalue weighted by Gasteiger charge is 1.98. The van der Waals surface area contributed by atoms with Gasteiger partial charge in [0.25, 0.3) is 0 Å². The predicted octanol–water partition coefficient (Wildman–Crippen LogP) is 3.99. The Balaban J connectivity index is 2.15. The van der Waals surface area contributed by atoms with E-state index < -0.39 is 5.97 Å². The van der Waals surface area contributed by atoms with E-state index in [9.17, 15) is 4.79 Å². The van der Waals surface area contributed by atoms with Crippen LogP contribution >= 0.6 is 11.8 Å². The smallest absolute Gasteiger partial charge is 0.303 e. The van der Waals surface area contributed by atoms with Crippen LogP contribution in [0.5, 0.6) is 0 Å². The lowest BCUT2D eigenvalue weighted by molar-refractivity contribution is -0.137. The van der Waals surface area contributed by atoms with Gasteiger partial charge >= 0.3 is 5.97 Å². The third kappa shape index (κ3) is 6.37. The number of hydrogen-bond acceptors (Lipinski definition) is 2. The van der Waals surface area contributed by atoms with Crippen molar-refractivity contribution in [2.45, 2.75) is 43.4 Å². The average molecular weight is 252 g/mol. The summed E-state index contributed by atoms with van der Waals surface area (Å²) in [6.45, 7) is 0. The molecule has 1 N–H and O–H groups in total. The first-order valence-corrected chi connectivity index (χ1v) is 7.29. The first-order chi connectivity index (χ1) is 8.22. The predicted molar refractivity (Wildman–Crippen MR) is 72.6 cm³/mol. The number of hydrogen-bond donors (Lipinski definition) is 1. The molecule has 0 aliphatic heterocycles. The molecule has 94 valence electrons. The van der Waals surface area contributed by atoms with E-state index in [0.717, 1.165) is 32.1 Å². The zero-order chi connectivity index (χ0) is 12.5. The van der Waals surface area contributed by atoms with E-state index in [1.54, 1.807) is 11.8 Å². The minimum Gasteiger partial charge on any atom is -0.481 e. The van der Waals surface area contributed by atoms with Gasteiger partial charge in [-0.3, -0.25) is 4.79 Å². The van der Waals surface area contributed by atoms with E-state index in [2.05, 4.69) is 30.5 Å². The van der Waals surface area contributed by atoms with E-state index in [-0.39, 0.29) is 0 Å². The van der Waals surface area contributed by atoms with Crippen molar-refractivity contribution in [3.63, 3.8) is 0 Å². The fourth-order valence-electron chi connectivity index (χ4n) is 1.79. The zero-order valence-electron chi connectivity index (χ0n) is 10.3. The van der Waals surface area contributed by atoms with Gasteiger partial charge in [0.15, 0.2) is 0 Å². The van der Waals surface area contributed by atoms with Gasteiger partial charge in [0.2, 0.25) is 0 Å². The molecule has 0 heterocycles. The van der Waals surface area contributed by atoms with Crippen LogP contribution in [0.15, 0.2) is 29.2 Å². The number of carboxylic acid groups (broad SMARTS) is 1. The summed E-state index contributed by atoms with van der Waals surface area (Å²) in [7, 11) is 0. The molecule has 2 nitrogen and oxygen atoms in total. The van der Waals surface area contributed by atoms with Crippen molar-refractivity contribution in [3.8, 4) is 0 Å². The molecule has 0 aliphatic rings. The normalized spacial score (nSPS) is 10.4. The van der Waals surface area contributed by atoms with Crippen molar-refractivity contribution in [1.82, 2.24) is 0 Å². The molecule has 0 spiro atoms. The second kappa shape index (κ2) is 8.18. The summed E-state index contributed by atoms with van der Waals surface area (Å²) in [5, 5.41) is 8.50. The molecule has 0 aliphatic carbocycles. The van der Waals surface area contributed by atoms with Crippen LogP contribution in [-0.4, -0.2) is 17.3 Å². The number of aliphatic carboxylic acids is 1. The van der Waals surface area contributed by atoms with Gasteiger partial charge in [-0.2, -0.15) is 0 Å². The van der Waals surface area contributed by atoms with Crippen molar-refractivity contribution in [1.29, 1.82) is 0 Å². The maximum atomic E-state index is 10.3. The molecule has 3 heteroatoms. The monoisotopic (exact) mass is 252 g/mol. The molecule has 0 unspecified atom stereocenters. The number of benzene rings is 1. The summed E-state index contributed by atoms with van der Waals surface area (Å²) in [5.41, 5.74) is 1.38. The topological polar surface area (TPSA) is 37.3 Å². The number of rotatable bonds is 8. The van der Waals surface area contributed by atoms with E-state index in [4.69, 9.17) is 5.11 Å². The summed E-state index contributed by atoms with van der Waals surface area (Å²) in [5.74, 6) is -0.683. The largest absolute Gasteiger partial charge is 0.481 e. The fourth-order valence-corrected chi connectivity index (χ4v) is 2.27. The van der Waals surface area contributed by atoms with Gasteiger partial charge in [0.05, 0.1) is 0 Å². The molecule has 0 saturated heterocycles. The van der Waals surface area contributed by atoms with Crippen molar-refractivity contribution in [2.24, 2.45) is 0 Å². The van der Waals surface area contributed by atoms with Crippen LogP contribution in [0.25, 0.3) is 0 Å². The summed E-state index contributed by atoms with van der Waals surface area (Å²) >= 11 is 1.77. The van der Waals surface area contributed by atoms with Crippen LogP contribution in [-0.2, 0) is 11.2 Å². The van der Waals surface area contributed by atoms with Crippen LogP contribution in [0.2, 0.25) is 0 Å². The SMILES string of the molecule is CSc1cccc(CCCCCCC(=O)O)c1. The van der Waals surface area contributed by atoms with Gasteiger partial charge in [0, 0.05) is 11.3 Å². The van der Waals surface area contributed by atoms with Crippen molar-refractivity contribution in [2.75, 3.05) is 6.26 Å². The lowest BCUT2D eigenvalue weighted by Gasteiger charge is -2.03. The molecule has 0 amide bonds. The van der Waals surface area contributed by atoms with Gasteiger partial charge in [-0.25, -0.2) is 0 Å². The lowest BCUT2D eigenvalue weighted by atomic mass is 10.1. The van der Waals surface area contributed by atoms with Gasteiger partial charge in [-0.1, -0.05) is 25.0 Å². The summed E-state index contributed by atoms with van der Waals surface area (Å²) in [6.07, 6.45) is 7.59. The number of carbonyl (C=O) groups is 1. The fraction of sp³-hybridized carbons (Fsp3) is 0.500. The summed E-state index contributed by atoms with van der Waals surface area (Å²) in [6, 6.07) is 8.63. The van der Waals surface area contributed by atoms with Crippen LogP contribution in [0.1, 0.15) is 37.7 Å². The Morgan fingerprint density at radius 3 is 2.71 bits per heavy atom. The molecule has 1 aromatic rings. The van der Waals surface area contributed by atoms with Crippen LogP contribution < -0.4 is 0 Å². The highest BCUT2D eigenvalue weighted by molar-refractivity contribution is 7.98. The molecule has 1 rings (SSSR count).